The number of fused-ring (bicyclic) bond motifs is 1. The van der Waals surface area contributed by atoms with E-state index in [0.717, 1.165) is 28.7 Å². The van der Waals surface area contributed by atoms with Crippen molar-refractivity contribution in [1.29, 1.82) is 0 Å². The van der Waals surface area contributed by atoms with Crippen LogP contribution in [0, 0.1) is 6.92 Å². The van der Waals surface area contributed by atoms with Crippen molar-refractivity contribution in [3.8, 4) is 16.9 Å². The summed E-state index contributed by atoms with van der Waals surface area (Å²) in [5, 5.41) is 11.7. The number of ether oxygens (including phenoxy) is 2. The molecule has 0 saturated heterocycles. The topological polar surface area (TPSA) is 84.8 Å². The summed E-state index contributed by atoms with van der Waals surface area (Å²) < 4.78 is 39.4. The van der Waals surface area contributed by atoms with Crippen LogP contribution in [-0.4, -0.2) is 59.7 Å². The van der Waals surface area contributed by atoms with Gasteiger partial charge in [0.15, 0.2) is 11.2 Å². The number of alkyl halides is 2. The predicted molar refractivity (Wildman–Crippen MR) is 150 cm³/mol. The summed E-state index contributed by atoms with van der Waals surface area (Å²) in [4.78, 5) is 23.7. The SMILES string of the molecule is Cc1cc2nc(N(CCF)CCF)sc2c(-c2ccc3c4c(ccnc24)CCO3)c1[C@H](OC(C)(C)C)C(=O)O. The maximum absolute atomic E-state index is 13.3. The number of anilines is 1. The summed E-state index contributed by atoms with van der Waals surface area (Å²) in [6.45, 7) is 6.58. The standard InChI is InChI=1S/C29H31F2N3O4S/c1-16-15-19-26(39-28(33-19)34(12-9-30)13-10-31)23(21(16)25(27(35)36)38-29(2,3)4)18-5-6-20-22-17(8-14-37-20)7-11-32-24(18)22/h5-7,11,15,25H,8-10,12-14H2,1-4H3,(H,35,36)/t25-/m0/s1. The number of carboxylic acid groups (broad SMARTS) is 1. The molecule has 2 aromatic heterocycles. The fraction of sp³-hybridized carbons (Fsp3) is 0.414. The van der Waals surface area contributed by atoms with Crippen molar-refractivity contribution in [2.45, 2.75) is 45.8 Å². The van der Waals surface area contributed by atoms with Gasteiger partial charge in [-0.05, 0) is 63.1 Å². The molecule has 4 aromatic rings. The number of halogens is 2. The Hall–Kier alpha value is -3.37. The molecular formula is C29H31F2N3O4S. The van der Waals surface area contributed by atoms with Crippen LogP contribution in [-0.2, 0) is 16.0 Å². The molecule has 0 unspecified atom stereocenters. The summed E-state index contributed by atoms with van der Waals surface area (Å²) >= 11 is 1.29. The lowest BCUT2D eigenvalue weighted by Gasteiger charge is -2.28. The van der Waals surface area contributed by atoms with Gasteiger partial charge in [-0.3, -0.25) is 4.98 Å². The zero-order valence-corrected chi connectivity index (χ0v) is 23.2. The summed E-state index contributed by atoms with van der Waals surface area (Å²) in [6.07, 6.45) is 1.22. The first-order chi connectivity index (χ1) is 18.6. The van der Waals surface area contributed by atoms with Crippen molar-refractivity contribution in [2.24, 2.45) is 0 Å². The van der Waals surface area contributed by atoms with Crippen LogP contribution in [0.15, 0.2) is 30.5 Å². The summed E-state index contributed by atoms with van der Waals surface area (Å²) in [5.41, 5.74) is 4.23. The Balaban J connectivity index is 1.86. The fourth-order valence-electron chi connectivity index (χ4n) is 5.14. The number of carboxylic acids is 1. The second-order valence-electron chi connectivity index (χ2n) is 10.5. The maximum Gasteiger partial charge on any atom is 0.337 e. The number of rotatable bonds is 9. The van der Waals surface area contributed by atoms with Crippen LogP contribution in [0.25, 0.3) is 32.2 Å². The molecule has 0 aliphatic carbocycles. The molecule has 1 aliphatic heterocycles. The van der Waals surface area contributed by atoms with Crippen LogP contribution < -0.4 is 9.64 Å². The number of hydrogen-bond acceptors (Lipinski definition) is 7. The normalized spacial score (nSPS) is 14.0. The smallest absolute Gasteiger partial charge is 0.337 e. The Morgan fingerprint density at radius 3 is 2.64 bits per heavy atom. The van der Waals surface area contributed by atoms with E-state index in [1.165, 1.54) is 11.3 Å². The lowest BCUT2D eigenvalue weighted by Crippen LogP contribution is -2.28. The van der Waals surface area contributed by atoms with Gasteiger partial charge in [0.1, 0.15) is 19.1 Å². The number of aromatic nitrogens is 2. The van der Waals surface area contributed by atoms with Crippen molar-refractivity contribution in [2.75, 3.05) is 37.9 Å². The van der Waals surface area contributed by atoms with E-state index in [2.05, 4.69) is 0 Å². The minimum absolute atomic E-state index is 0.00961. The Labute approximate surface area is 229 Å². The average molecular weight is 556 g/mol. The second-order valence-corrected chi connectivity index (χ2v) is 11.5. The molecule has 3 heterocycles. The third kappa shape index (κ3) is 5.15. The van der Waals surface area contributed by atoms with Crippen molar-refractivity contribution >= 4 is 43.6 Å². The van der Waals surface area contributed by atoms with Crippen LogP contribution in [0.4, 0.5) is 13.9 Å². The number of carbonyl (C=O) groups is 1. The van der Waals surface area contributed by atoms with Crippen molar-refractivity contribution in [3.05, 3.63) is 47.2 Å². The molecule has 0 amide bonds. The van der Waals surface area contributed by atoms with E-state index in [1.807, 2.05) is 52.0 Å². The summed E-state index contributed by atoms with van der Waals surface area (Å²) in [7, 11) is 0. The third-order valence-electron chi connectivity index (χ3n) is 6.69. The average Bonchev–Trinajstić information content (AvgIpc) is 3.30. The van der Waals surface area contributed by atoms with Crippen LogP contribution >= 0.6 is 11.3 Å². The molecule has 5 rings (SSSR count). The quantitative estimate of drug-likeness (QED) is 0.254. The van der Waals surface area contributed by atoms with Gasteiger partial charge < -0.3 is 19.5 Å². The monoisotopic (exact) mass is 555 g/mol. The Kier molecular flexibility index (Phi) is 7.43. The zero-order valence-electron chi connectivity index (χ0n) is 22.4. The van der Waals surface area contributed by atoms with Crippen LogP contribution in [0.5, 0.6) is 5.75 Å². The number of thiazole rings is 1. The number of pyridine rings is 1. The van der Waals surface area contributed by atoms with E-state index >= 15 is 0 Å². The van der Waals surface area contributed by atoms with Gasteiger partial charge in [-0.25, -0.2) is 18.6 Å². The van der Waals surface area contributed by atoms with E-state index in [4.69, 9.17) is 19.4 Å². The van der Waals surface area contributed by atoms with Gasteiger partial charge in [-0.2, -0.15) is 0 Å². The van der Waals surface area contributed by atoms with Crippen LogP contribution in [0.2, 0.25) is 0 Å². The lowest BCUT2D eigenvalue weighted by molar-refractivity contribution is -0.160. The highest BCUT2D eigenvalue weighted by Gasteiger charge is 2.33. The van der Waals surface area contributed by atoms with Gasteiger partial charge in [0.05, 0.1) is 27.9 Å². The molecule has 39 heavy (non-hydrogen) atoms. The number of aliphatic carboxylic acids is 1. The van der Waals surface area contributed by atoms with E-state index in [-0.39, 0.29) is 13.1 Å². The summed E-state index contributed by atoms with van der Waals surface area (Å²) in [6, 6.07) is 7.58. The van der Waals surface area contributed by atoms with Crippen LogP contribution in [0.1, 0.15) is 43.6 Å². The molecule has 1 aliphatic rings. The van der Waals surface area contributed by atoms with E-state index in [1.54, 1.807) is 11.1 Å². The number of benzene rings is 2. The first kappa shape index (κ1) is 27.2. The highest BCUT2D eigenvalue weighted by atomic mass is 32.1. The molecule has 0 bridgehead atoms. The molecule has 10 heteroatoms. The van der Waals surface area contributed by atoms with Crippen molar-refractivity contribution in [3.63, 3.8) is 0 Å². The Morgan fingerprint density at radius 2 is 1.97 bits per heavy atom. The minimum Gasteiger partial charge on any atom is -0.493 e. The first-order valence-corrected chi connectivity index (χ1v) is 13.7. The van der Waals surface area contributed by atoms with Gasteiger partial charge in [0.2, 0.25) is 0 Å². The molecule has 2 aromatic carbocycles. The molecule has 7 nitrogen and oxygen atoms in total. The van der Waals surface area contributed by atoms with E-state index in [0.29, 0.717) is 44.2 Å². The zero-order chi connectivity index (χ0) is 27.9. The first-order valence-electron chi connectivity index (χ1n) is 12.9. The Morgan fingerprint density at radius 1 is 1.23 bits per heavy atom. The molecule has 0 fully saturated rings. The molecular weight excluding hydrogens is 524 g/mol. The number of aryl methyl sites for hydroxylation is 1. The highest BCUT2D eigenvalue weighted by Crippen LogP contribution is 2.47. The third-order valence-corrected chi connectivity index (χ3v) is 7.84. The predicted octanol–water partition coefficient (Wildman–Crippen LogP) is 6.44. The van der Waals surface area contributed by atoms with Gasteiger partial charge >= 0.3 is 5.97 Å². The van der Waals surface area contributed by atoms with Crippen LogP contribution in [0.3, 0.4) is 0 Å². The van der Waals surface area contributed by atoms with Gasteiger partial charge in [-0.1, -0.05) is 11.3 Å². The van der Waals surface area contributed by atoms with Crippen molar-refractivity contribution in [1.82, 2.24) is 9.97 Å². The molecule has 1 atom stereocenters. The second kappa shape index (κ2) is 10.7. The molecule has 0 spiro atoms. The molecule has 0 saturated carbocycles. The number of nitrogens with zero attached hydrogens (tertiary/aromatic N) is 3. The van der Waals surface area contributed by atoms with Crippen molar-refractivity contribution < 1.29 is 28.2 Å². The number of hydrogen-bond donors (Lipinski definition) is 1. The molecule has 206 valence electrons. The molecule has 1 N–H and O–H groups in total. The maximum atomic E-state index is 13.3. The van der Waals surface area contributed by atoms with Gasteiger partial charge in [-0.15, -0.1) is 0 Å². The van der Waals surface area contributed by atoms with Gasteiger partial charge in [0.25, 0.3) is 0 Å². The van der Waals surface area contributed by atoms with E-state index in [9.17, 15) is 18.7 Å². The summed E-state index contributed by atoms with van der Waals surface area (Å²) in [5.74, 6) is -0.384. The lowest BCUT2D eigenvalue weighted by atomic mass is 9.89. The largest absolute Gasteiger partial charge is 0.493 e. The fourth-order valence-corrected chi connectivity index (χ4v) is 6.31. The highest BCUT2D eigenvalue weighted by molar-refractivity contribution is 7.22. The Bertz CT molecular complexity index is 1530. The molecule has 0 radical (unpaired) electrons. The van der Waals surface area contributed by atoms with Gasteiger partial charge in [0, 0.05) is 47.8 Å². The minimum atomic E-state index is -1.27. The van der Waals surface area contributed by atoms with E-state index < -0.39 is 31.0 Å².